The molecule has 0 amide bonds. The number of nitrogens with zero attached hydrogens (tertiary/aromatic N) is 2. The van der Waals surface area contributed by atoms with Gasteiger partial charge >= 0.3 is 0 Å². The number of hydrogen-bond acceptors (Lipinski definition) is 2. The van der Waals surface area contributed by atoms with Crippen molar-refractivity contribution in [1.82, 2.24) is 9.38 Å². The summed E-state index contributed by atoms with van der Waals surface area (Å²) in [6.45, 7) is 4.04. The second kappa shape index (κ2) is 4.93. The topological polar surface area (TPSA) is 37.5 Å². The van der Waals surface area contributed by atoms with Crippen molar-refractivity contribution >= 4 is 17.2 Å². The van der Waals surface area contributed by atoms with E-state index in [0.717, 1.165) is 16.9 Å². The van der Waals surface area contributed by atoms with Crippen LogP contribution >= 0.6 is 11.6 Å². The fourth-order valence-electron chi connectivity index (χ4n) is 2.38. The summed E-state index contributed by atoms with van der Waals surface area (Å²) in [5.41, 5.74) is 5.68. The molecule has 0 saturated carbocycles. The zero-order valence-corrected chi connectivity index (χ0v) is 12.1. The molecule has 3 aromatic rings. The summed E-state index contributed by atoms with van der Waals surface area (Å²) in [5.74, 6) is 0. The molecule has 102 valence electrons. The van der Waals surface area contributed by atoms with Crippen LogP contribution in [0, 0.1) is 13.8 Å². The van der Waals surface area contributed by atoms with Crippen LogP contribution in [0.15, 0.2) is 36.4 Å². The first-order chi connectivity index (χ1) is 9.61. The molecular weight excluding hydrogens is 272 g/mol. The van der Waals surface area contributed by atoms with E-state index in [0.29, 0.717) is 10.8 Å². The Morgan fingerprint density at radius 2 is 1.95 bits per heavy atom. The van der Waals surface area contributed by atoms with Crippen molar-refractivity contribution < 1.29 is 5.11 Å². The Hall–Kier alpha value is -1.84. The molecule has 0 aliphatic carbocycles. The summed E-state index contributed by atoms with van der Waals surface area (Å²) in [6, 6.07) is 11.7. The molecule has 0 aliphatic rings. The number of aryl methyl sites for hydroxylation is 2. The third-order valence-corrected chi connectivity index (χ3v) is 3.92. The minimum Gasteiger partial charge on any atom is -0.390 e. The minimum absolute atomic E-state index is 0.104. The Morgan fingerprint density at radius 1 is 1.15 bits per heavy atom. The SMILES string of the molecule is Cc1ccc(-c2nc3cccc(Cl)n3c2CO)cc1C. The van der Waals surface area contributed by atoms with Crippen LogP contribution in [-0.4, -0.2) is 14.5 Å². The molecule has 0 bridgehead atoms. The number of fused-ring (bicyclic) bond motifs is 1. The van der Waals surface area contributed by atoms with Gasteiger partial charge in [0.15, 0.2) is 0 Å². The highest BCUT2D eigenvalue weighted by Gasteiger charge is 2.15. The average Bonchev–Trinajstić information content (AvgIpc) is 2.82. The predicted molar refractivity (Wildman–Crippen MR) is 81.0 cm³/mol. The zero-order valence-electron chi connectivity index (χ0n) is 11.4. The maximum Gasteiger partial charge on any atom is 0.138 e. The lowest BCUT2D eigenvalue weighted by atomic mass is 10.0. The molecule has 3 nitrogen and oxygen atoms in total. The average molecular weight is 287 g/mol. The summed E-state index contributed by atoms with van der Waals surface area (Å²) in [4.78, 5) is 4.60. The van der Waals surface area contributed by atoms with Gasteiger partial charge in [0.25, 0.3) is 0 Å². The monoisotopic (exact) mass is 286 g/mol. The molecule has 3 rings (SSSR count). The lowest BCUT2D eigenvalue weighted by Gasteiger charge is -2.05. The van der Waals surface area contributed by atoms with E-state index < -0.39 is 0 Å². The van der Waals surface area contributed by atoms with E-state index in [-0.39, 0.29) is 6.61 Å². The van der Waals surface area contributed by atoms with Gasteiger partial charge in [-0.3, -0.25) is 4.40 Å². The van der Waals surface area contributed by atoms with Crippen molar-refractivity contribution in [2.24, 2.45) is 0 Å². The highest BCUT2D eigenvalue weighted by atomic mass is 35.5. The maximum atomic E-state index is 9.70. The molecular formula is C16H15ClN2O. The number of pyridine rings is 1. The molecule has 20 heavy (non-hydrogen) atoms. The molecule has 0 saturated heterocycles. The Morgan fingerprint density at radius 3 is 2.65 bits per heavy atom. The first-order valence-corrected chi connectivity index (χ1v) is 6.84. The highest BCUT2D eigenvalue weighted by molar-refractivity contribution is 6.29. The maximum absolute atomic E-state index is 9.70. The molecule has 0 atom stereocenters. The Labute approximate surface area is 122 Å². The number of benzene rings is 1. The van der Waals surface area contributed by atoms with Crippen LogP contribution in [0.4, 0.5) is 0 Å². The number of imidazole rings is 1. The molecule has 2 aromatic heterocycles. The molecule has 1 N–H and O–H groups in total. The van der Waals surface area contributed by atoms with Crippen LogP contribution in [0.1, 0.15) is 16.8 Å². The lowest BCUT2D eigenvalue weighted by molar-refractivity contribution is 0.276. The molecule has 0 unspecified atom stereocenters. The van der Waals surface area contributed by atoms with E-state index >= 15 is 0 Å². The van der Waals surface area contributed by atoms with E-state index in [2.05, 4.69) is 31.0 Å². The number of aromatic nitrogens is 2. The van der Waals surface area contributed by atoms with Crippen LogP contribution in [-0.2, 0) is 6.61 Å². The summed E-state index contributed by atoms with van der Waals surface area (Å²) in [7, 11) is 0. The fourth-order valence-corrected chi connectivity index (χ4v) is 2.64. The van der Waals surface area contributed by atoms with Crippen molar-refractivity contribution in [3.63, 3.8) is 0 Å². The summed E-state index contributed by atoms with van der Waals surface area (Å²) < 4.78 is 1.78. The van der Waals surface area contributed by atoms with Crippen LogP contribution in [0.25, 0.3) is 16.9 Å². The standard InChI is InChI=1S/C16H15ClN2O/c1-10-6-7-12(8-11(10)2)16-13(9-20)19-14(17)4-3-5-15(19)18-16/h3-8,20H,9H2,1-2H3. The smallest absolute Gasteiger partial charge is 0.138 e. The van der Waals surface area contributed by atoms with Gasteiger partial charge in [0.1, 0.15) is 10.8 Å². The van der Waals surface area contributed by atoms with Gasteiger partial charge in [-0.05, 0) is 43.2 Å². The summed E-state index contributed by atoms with van der Waals surface area (Å²) in [5, 5.41) is 10.2. The van der Waals surface area contributed by atoms with E-state index in [1.807, 2.05) is 18.2 Å². The fraction of sp³-hybridized carbons (Fsp3) is 0.188. The largest absolute Gasteiger partial charge is 0.390 e. The van der Waals surface area contributed by atoms with Crippen molar-refractivity contribution in [3.8, 4) is 11.3 Å². The van der Waals surface area contributed by atoms with Crippen LogP contribution < -0.4 is 0 Å². The van der Waals surface area contributed by atoms with Crippen molar-refractivity contribution in [3.05, 3.63) is 58.4 Å². The van der Waals surface area contributed by atoms with E-state index in [1.165, 1.54) is 11.1 Å². The Kier molecular flexibility index (Phi) is 3.24. The van der Waals surface area contributed by atoms with E-state index in [1.54, 1.807) is 10.5 Å². The van der Waals surface area contributed by atoms with Gasteiger partial charge < -0.3 is 5.11 Å². The van der Waals surface area contributed by atoms with Crippen LogP contribution in [0.2, 0.25) is 5.15 Å². The van der Waals surface area contributed by atoms with Crippen molar-refractivity contribution in [2.45, 2.75) is 20.5 Å². The van der Waals surface area contributed by atoms with Gasteiger partial charge in [0.2, 0.25) is 0 Å². The minimum atomic E-state index is -0.104. The Balaban J connectivity index is 2.30. The highest BCUT2D eigenvalue weighted by Crippen LogP contribution is 2.28. The van der Waals surface area contributed by atoms with Gasteiger partial charge in [-0.15, -0.1) is 0 Å². The van der Waals surface area contributed by atoms with Gasteiger partial charge in [0, 0.05) is 5.56 Å². The van der Waals surface area contributed by atoms with Crippen molar-refractivity contribution in [2.75, 3.05) is 0 Å². The third kappa shape index (κ3) is 1.99. The molecule has 0 radical (unpaired) electrons. The van der Waals surface area contributed by atoms with E-state index in [4.69, 9.17) is 11.6 Å². The van der Waals surface area contributed by atoms with Gasteiger partial charge in [-0.1, -0.05) is 29.8 Å². The van der Waals surface area contributed by atoms with E-state index in [9.17, 15) is 5.11 Å². The summed E-state index contributed by atoms with van der Waals surface area (Å²) >= 11 is 6.21. The Bertz CT molecular complexity index is 793. The van der Waals surface area contributed by atoms with Gasteiger partial charge in [-0.2, -0.15) is 0 Å². The predicted octanol–water partition coefficient (Wildman–Crippen LogP) is 3.76. The van der Waals surface area contributed by atoms with Gasteiger partial charge in [-0.25, -0.2) is 4.98 Å². The van der Waals surface area contributed by atoms with Crippen LogP contribution in [0.5, 0.6) is 0 Å². The van der Waals surface area contributed by atoms with Gasteiger partial charge in [0.05, 0.1) is 18.0 Å². The quantitative estimate of drug-likeness (QED) is 0.728. The number of halogens is 1. The zero-order chi connectivity index (χ0) is 14.3. The lowest BCUT2D eigenvalue weighted by Crippen LogP contribution is -1.95. The molecule has 1 aromatic carbocycles. The first-order valence-electron chi connectivity index (χ1n) is 6.46. The first kappa shape index (κ1) is 13.2. The molecule has 0 spiro atoms. The normalized spacial score (nSPS) is 11.2. The number of rotatable bonds is 2. The third-order valence-electron chi connectivity index (χ3n) is 3.62. The molecule has 0 fully saturated rings. The number of hydrogen-bond donors (Lipinski definition) is 1. The second-order valence-corrected chi connectivity index (χ2v) is 5.29. The molecule has 0 aliphatic heterocycles. The number of aliphatic hydroxyl groups is 1. The van der Waals surface area contributed by atoms with Crippen molar-refractivity contribution in [1.29, 1.82) is 0 Å². The number of aliphatic hydroxyl groups excluding tert-OH is 1. The molecule has 2 heterocycles. The summed E-state index contributed by atoms with van der Waals surface area (Å²) in [6.07, 6.45) is 0. The van der Waals surface area contributed by atoms with Crippen LogP contribution in [0.3, 0.4) is 0 Å². The second-order valence-electron chi connectivity index (χ2n) is 4.91. The molecule has 4 heteroatoms.